The highest BCUT2D eigenvalue weighted by atomic mass is 32.2. The van der Waals surface area contributed by atoms with Gasteiger partial charge in [-0.15, -0.1) is 10.2 Å². The predicted octanol–water partition coefficient (Wildman–Crippen LogP) is 2.89. The summed E-state index contributed by atoms with van der Waals surface area (Å²) >= 11 is 1.33. The molecule has 0 saturated carbocycles. The van der Waals surface area contributed by atoms with E-state index in [9.17, 15) is 4.79 Å². The van der Waals surface area contributed by atoms with Crippen LogP contribution in [0.1, 0.15) is 12.5 Å². The summed E-state index contributed by atoms with van der Waals surface area (Å²) in [6, 6.07) is 15.4. The summed E-state index contributed by atoms with van der Waals surface area (Å²) in [5.41, 5.74) is 2.67. The van der Waals surface area contributed by atoms with Gasteiger partial charge in [0.15, 0.2) is 5.82 Å². The van der Waals surface area contributed by atoms with Crippen molar-refractivity contribution in [1.82, 2.24) is 30.2 Å². The van der Waals surface area contributed by atoms with Crippen molar-refractivity contribution in [3.05, 3.63) is 64.4 Å². The van der Waals surface area contributed by atoms with Crippen LogP contribution in [0.3, 0.4) is 0 Å². The molecule has 1 N–H and O–H groups in total. The van der Waals surface area contributed by atoms with E-state index in [4.69, 9.17) is 0 Å². The molecule has 26 heavy (non-hydrogen) atoms. The number of aromatic amines is 1. The van der Waals surface area contributed by atoms with Crippen molar-refractivity contribution in [3.63, 3.8) is 0 Å². The Hall–Kier alpha value is -3.00. The summed E-state index contributed by atoms with van der Waals surface area (Å²) < 4.78 is 1.32. The van der Waals surface area contributed by atoms with Crippen molar-refractivity contribution >= 4 is 22.7 Å². The fourth-order valence-corrected chi connectivity index (χ4v) is 3.24. The van der Waals surface area contributed by atoms with Crippen molar-refractivity contribution in [2.75, 3.05) is 0 Å². The van der Waals surface area contributed by atoms with Crippen molar-refractivity contribution in [2.45, 2.75) is 24.4 Å². The quantitative estimate of drug-likeness (QED) is 0.548. The molecule has 0 aliphatic rings. The van der Waals surface area contributed by atoms with Crippen LogP contribution in [0.2, 0.25) is 0 Å². The van der Waals surface area contributed by atoms with Crippen LogP contribution in [0.4, 0.5) is 0 Å². The van der Waals surface area contributed by atoms with Gasteiger partial charge in [0.25, 0.3) is 5.56 Å². The number of aryl methyl sites for hydroxylation is 1. The molecule has 0 radical (unpaired) electrons. The summed E-state index contributed by atoms with van der Waals surface area (Å²) in [4.78, 5) is 16.9. The third-order valence-corrected chi connectivity index (χ3v) is 4.86. The lowest BCUT2D eigenvalue weighted by atomic mass is 10.1. The van der Waals surface area contributed by atoms with Gasteiger partial charge >= 0.3 is 0 Å². The Morgan fingerprint density at radius 2 is 1.92 bits per heavy atom. The molecule has 0 amide bonds. The van der Waals surface area contributed by atoms with Crippen LogP contribution in [0.25, 0.3) is 22.3 Å². The lowest BCUT2D eigenvalue weighted by Crippen LogP contribution is -2.23. The van der Waals surface area contributed by atoms with Gasteiger partial charge in [-0.05, 0) is 24.1 Å². The van der Waals surface area contributed by atoms with E-state index in [0.29, 0.717) is 27.8 Å². The number of hydrogen-bond acceptors (Lipinski definition) is 6. The molecule has 0 unspecified atom stereocenters. The standard InChI is InChI=1S/C18H16N6OS/c1-2-12-7-9-13(10-8-12)16-19-18(22-21-16)26-11-24-17(25)14-5-3-4-6-15(14)20-23-24/h3-10H,2,11H2,1H3,(H,19,21,22). The Balaban J connectivity index is 1.51. The Morgan fingerprint density at radius 3 is 2.73 bits per heavy atom. The van der Waals surface area contributed by atoms with E-state index < -0.39 is 0 Å². The molecule has 0 fully saturated rings. The van der Waals surface area contributed by atoms with E-state index in [-0.39, 0.29) is 5.56 Å². The number of H-pyrrole nitrogens is 1. The minimum absolute atomic E-state index is 0.172. The molecular formula is C18H16N6OS. The number of nitrogens with one attached hydrogen (secondary N) is 1. The molecule has 8 heteroatoms. The van der Waals surface area contributed by atoms with E-state index in [0.717, 1.165) is 12.0 Å². The van der Waals surface area contributed by atoms with Crippen LogP contribution in [0, 0.1) is 0 Å². The highest BCUT2D eigenvalue weighted by Gasteiger charge is 2.09. The molecule has 2 heterocycles. The zero-order valence-corrected chi connectivity index (χ0v) is 14.9. The predicted molar refractivity (Wildman–Crippen MR) is 101 cm³/mol. The van der Waals surface area contributed by atoms with Gasteiger partial charge in [-0.1, -0.05) is 60.3 Å². The third kappa shape index (κ3) is 3.23. The Morgan fingerprint density at radius 1 is 1.12 bits per heavy atom. The van der Waals surface area contributed by atoms with E-state index >= 15 is 0 Å². The zero-order valence-electron chi connectivity index (χ0n) is 14.1. The number of fused-ring (bicyclic) bond motifs is 1. The van der Waals surface area contributed by atoms with E-state index in [1.165, 1.54) is 22.0 Å². The third-order valence-electron chi connectivity index (χ3n) is 4.05. The molecule has 0 aliphatic carbocycles. The lowest BCUT2D eigenvalue weighted by Gasteiger charge is -2.02. The summed E-state index contributed by atoms with van der Waals surface area (Å²) in [6.07, 6.45) is 0.999. The van der Waals surface area contributed by atoms with Crippen LogP contribution < -0.4 is 5.56 Å². The molecule has 7 nitrogen and oxygen atoms in total. The van der Waals surface area contributed by atoms with Crippen LogP contribution >= 0.6 is 11.8 Å². The number of benzene rings is 2. The average Bonchev–Trinajstić information content (AvgIpc) is 3.17. The van der Waals surface area contributed by atoms with E-state index in [1.807, 2.05) is 24.3 Å². The van der Waals surface area contributed by atoms with Crippen molar-refractivity contribution < 1.29 is 0 Å². The minimum Gasteiger partial charge on any atom is -0.267 e. The highest BCUT2D eigenvalue weighted by Crippen LogP contribution is 2.20. The first-order valence-electron chi connectivity index (χ1n) is 8.21. The SMILES string of the molecule is CCc1ccc(-c2nc(SCn3nnc4ccccc4c3=O)n[nH]2)cc1. The van der Waals surface area contributed by atoms with E-state index in [1.54, 1.807) is 12.1 Å². The molecule has 0 spiro atoms. The van der Waals surface area contributed by atoms with Crippen LogP contribution in [-0.4, -0.2) is 30.2 Å². The van der Waals surface area contributed by atoms with Gasteiger partial charge in [0.05, 0.1) is 11.3 Å². The Labute approximate surface area is 153 Å². The normalized spacial score (nSPS) is 11.1. The second-order valence-electron chi connectivity index (χ2n) is 5.70. The first kappa shape index (κ1) is 16.5. The maximum absolute atomic E-state index is 12.4. The fraction of sp³-hybridized carbons (Fsp3) is 0.167. The molecular weight excluding hydrogens is 348 g/mol. The summed E-state index contributed by atoms with van der Waals surface area (Å²) in [6.45, 7) is 2.12. The molecule has 4 rings (SSSR count). The number of rotatable bonds is 5. The van der Waals surface area contributed by atoms with Gasteiger partial charge in [0.1, 0.15) is 5.52 Å². The van der Waals surface area contributed by atoms with Gasteiger partial charge in [-0.2, -0.15) is 4.68 Å². The molecule has 0 atom stereocenters. The number of thioether (sulfide) groups is 1. The molecule has 2 aromatic carbocycles. The molecule has 4 aromatic rings. The monoisotopic (exact) mass is 364 g/mol. The largest absolute Gasteiger partial charge is 0.278 e. The Kier molecular flexibility index (Phi) is 4.49. The summed E-state index contributed by atoms with van der Waals surface area (Å²) in [7, 11) is 0. The number of aromatic nitrogens is 6. The maximum atomic E-state index is 12.4. The van der Waals surface area contributed by atoms with Gasteiger partial charge in [-0.25, -0.2) is 4.98 Å². The minimum atomic E-state index is -0.172. The van der Waals surface area contributed by atoms with Crippen molar-refractivity contribution in [2.24, 2.45) is 0 Å². The van der Waals surface area contributed by atoms with Crippen LogP contribution in [0.15, 0.2) is 58.5 Å². The van der Waals surface area contributed by atoms with Crippen LogP contribution in [0.5, 0.6) is 0 Å². The number of hydrogen-bond donors (Lipinski definition) is 1. The van der Waals surface area contributed by atoms with Crippen molar-refractivity contribution in [3.8, 4) is 11.4 Å². The summed E-state index contributed by atoms with van der Waals surface area (Å²) in [5.74, 6) is 0.995. The lowest BCUT2D eigenvalue weighted by molar-refractivity contribution is 0.644. The Bertz CT molecular complexity index is 1100. The topological polar surface area (TPSA) is 89.3 Å². The molecule has 2 aromatic heterocycles. The fourth-order valence-electron chi connectivity index (χ4n) is 2.57. The number of nitrogens with zero attached hydrogens (tertiary/aromatic N) is 5. The average molecular weight is 364 g/mol. The second-order valence-corrected chi connectivity index (χ2v) is 6.61. The van der Waals surface area contributed by atoms with Gasteiger partial charge in [0.2, 0.25) is 5.16 Å². The second kappa shape index (κ2) is 7.09. The van der Waals surface area contributed by atoms with E-state index in [2.05, 4.69) is 44.5 Å². The molecule has 130 valence electrons. The summed E-state index contributed by atoms with van der Waals surface area (Å²) in [5, 5.41) is 16.3. The first-order chi connectivity index (χ1) is 12.7. The van der Waals surface area contributed by atoms with Crippen LogP contribution in [-0.2, 0) is 12.3 Å². The molecule has 0 aliphatic heterocycles. The zero-order chi connectivity index (χ0) is 17.9. The molecule has 0 saturated heterocycles. The smallest absolute Gasteiger partial charge is 0.267 e. The van der Waals surface area contributed by atoms with Gasteiger partial charge in [-0.3, -0.25) is 9.89 Å². The van der Waals surface area contributed by atoms with Crippen molar-refractivity contribution in [1.29, 1.82) is 0 Å². The first-order valence-corrected chi connectivity index (χ1v) is 9.20. The van der Waals surface area contributed by atoms with Gasteiger partial charge in [0, 0.05) is 5.56 Å². The molecule has 0 bridgehead atoms. The van der Waals surface area contributed by atoms with Gasteiger partial charge < -0.3 is 0 Å². The maximum Gasteiger partial charge on any atom is 0.278 e. The highest BCUT2D eigenvalue weighted by molar-refractivity contribution is 7.98.